The average molecular weight is 296 g/mol. The fourth-order valence-electron chi connectivity index (χ4n) is 3.18. The fourth-order valence-corrected chi connectivity index (χ4v) is 3.18. The Morgan fingerprint density at radius 1 is 1.10 bits per heavy atom. The standard InChI is InChI=1S/C16H19F3N2/c17-16(18,19)12-4-6-13(7-5-12)21-10-11-2-1-3-15-14(11)8-9-20-15/h1-3,8-9,12-13,20-21H,4-7,10H2. The maximum Gasteiger partial charge on any atom is 0.391 e. The summed E-state index contributed by atoms with van der Waals surface area (Å²) >= 11 is 0. The van der Waals surface area contributed by atoms with Crippen LogP contribution in [-0.4, -0.2) is 17.2 Å². The third-order valence-electron chi connectivity index (χ3n) is 4.46. The zero-order valence-corrected chi connectivity index (χ0v) is 11.7. The first-order chi connectivity index (χ1) is 10.0. The quantitative estimate of drug-likeness (QED) is 0.864. The highest BCUT2D eigenvalue weighted by atomic mass is 19.4. The number of H-pyrrole nitrogens is 1. The molecular weight excluding hydrogens is 277 g/mol. The molecule has 2 N–H and O–H groups in total. The zero-order valence-electron chi connectivity index (χ0n) is 11.7. The molecule has 21 heavy (non-hydrogen) atoms. The van der Waals surface area contributed by atoms with Gasteiger partial charge in [-0.3, -0.25) is 0 Å². The van der Waals surface area contributed by atoms with E-state index in [0.717, 1.165) is 5.52 Å². The number of rotatable bonds is 3. The van der Waals surface area contributed by atoms with Gasteiger partial charge in [0.05, 0.1) is 5.92 Å². The molecular formula is C16H19F3N2. The Bertz CT molecular complexity index is 595. The number of halogens is 3. The summed E-state index contributed by atoms with van der Waals surface area (Å²) in [6.45, 7) is 0.705. The number of aromatic nitrogens is 1. The highest BCUT2D eigenvalue weighted by Crippen LogP contribution is 2.37. The van der Waals surface area contributed by atoms with Crippen LogP contribution in [0, 0.1) is 5.92 Å². The van der Waals surface area contributed by atoms with Gasteiger partial charge in [0.1, 0.15) is 0 Å². The summed E-state index contributed by atoms with van der Waals surface area (Å²) in [6.07, 6.45) is -0.421. The van der Waals surface area contributed by atoms with Crippen molar-refractivity contribution in [3.05, 3.63) is 36.0 Å². The van der Waals surface area contributed by atoms with Crippen molar-refractivity contribution in [1.29, 1.82) is 0 Å². The van der Waals surface area contributed by atoms with Crippen LogP contribution in [0.2, 0.25) is 0 Å². The molecule has 0 atom stereocenters. The number of hydrogen-bond donors (Lipinski definition) is 2. The largest absolute Gasteiger partial charge is 0.391 e. The maximum absolute atomic E-state index is 12.6. The molecule has 1 fully saturated rings. The van der Waals surface area contributed by atoms with Gasteiger partial charge in [0.15, 0.2) is 0 Å². The van der Waals surface area contributed by atoms with E-state index < -0.39 is 12.1 Å². The lowest BCUT2D eigenvalue weighted by Crippen LogP contribution is -2.36. The Hall–Kier alpha value is -1.49. The van der Waals surface area contributed by atoms with Crippen LogP contribution in [0.3, 0.4) is 0 Å². The van der Waals surface area contributed by atoms with E-state index in [4.69, 9.17) is 0 Å². The van der Waals surface area contributed by atoms with Gasteiger partial charge in [0.25, 0.3) is 0 Å². The lowest BCUT2D eigenvalue weighted by molar-refractivity contribution is -0.182. The minimum absolute atomic E-state index is 0.192. The SMILES string of the molecule is FC(F)(F)C1CCC(NCc2cccc3[nH]ccc23)CC1. The third kappa shape index (κ3) is 3.23. The number of benzene rings is 1. The minimum atomic E-state index is -4.03. The van der Waals surface area contributed by atoms with Crippen molar-refractivity contribution >= 4 is 10.9 Å². The number of fused-ring (bicyclic) bond motifs is 1. The van der Waals surface area contributed by atoms with Crippen LogP contribution >= 0.6 is 0 Å². The summed E-state index contributed by atoms with van der Waals surface area (Å²) in [4.78, 5) is 3.17. The molecule has 2 nitrogen and oxygen atoms in total. The van der Waals surface area contributed by atoms with E-state index in [2.05, 4.69) is 16.4 Å². The molecule has 3 rings (SSSR count). The molecule has 1 aliphatic carbocycles. The molecule has 0 unspecified atom stereocenters. The minimum Gasteiger partial charge on any atom is -0.361 e. The van der Waals surface area contributed by atoms with E-state index in [9.17, 15) is 13.2 Å². The molecule has 1 aromatic heterocycles. The predicted octanol–water partition coefficient (Wildman–Crippen LogP) is 4.38. The van der Waals surface area contributed by atoms with Crippen molar-refractivity contribution in [2.24, 2.45) is 5.92 Å². The van der Waals surface area contributed by atoms with E-state index in [0.29, 0.717) is 19.4 Å². The van der Waals surface area contributed by atoms with Crippen LogP contribution in [0.1, 0.15) is 31.2 Å². The molecule has 0 amide bonds. The molecule has 0 aliphatic heterocycles. The monoisotopic (exact) mass is 296 g/mol. The molecule has 2 aromatic rings. The van der Waals surface area contributed by atoms with Crippen LogP contribution in [-0.2, 0) is 6.54 Å². The highest BCUT2D eigenvalue weighted by Gasteiger charge is 2.41. The predicted molar refractivity (Wildman–Crippen MR) is 76.9 cm³/mol. The van der Waals surface area contributed by atoms with Gasteiger partial charge in [0.2, 0.25) is 0 Å². The van der Waals surface area contributed by atoms with E-state index in [-0.39, 0.29) is 18.9 Å². The van der Waals surface area contributed by atoms with Gasteiger partial charge in [-0.2, -0.15) is 13.2 Å². The summed E-state index contributed by atoms with van der Waals surface area (Å²) in [7, 11) is 0. The van der Waals surface area contributed by atoms with Gasteiger partial charge in [-0.05, 0) is 43.4 Å². The molecule has 114 valence electrons. The van der Waals surface area contributed by atoms with Gasteiger partial charge in [0, 0.05) is 29.7 Å². The van der Waals surface area contributed by atoms with Gasteiger partial charge < -0.3 is 10.3 Å². The topological polar surface area (TPSA) is 27.8 Å². The molecule has 1 aromatic carbocycles. The Kier molecular flexibility index (Phi) is 3.93. The van der Waals surface area contributed by atoms with Crippen molar-refractivity contribution in [1.82, 2.24) is 10.3 Å². The van der Waals surface area contributed by atoms with Crippen molar-refractivity contribution < 1.29 is 13.2 Å². The second-order valence-electron chi connectivity index (χ2n) is 5.83. The summed E-state index contributed by atoms with van der Waals surface area (Å²) in [5.41, 5.74) is 2.28. The first-order valence-corrected chi connectivity index (χ1v) is 7.39. The van der Waals surface area contributed by atoms with E-state index in [1.807, 2.05) is 24.4 Å². The smallest absolute Gasteiger partial charge is 0.361 e. The Labute approximate surface area is 121 Å². The van der Waals surface area contributed by atoms with Crippen LogP contribution in [0.15, 0.2) is 30.5 Å². The molecule has 0 saturated heterocycles. The highest BCUT2D eigenvalue weighted by molar-refractivity contribution is 5.82. The van der Waals surface area contributed by atoms with Crippen LogP contribution in [0.25, 0.3) is 10.9 Å². The summed E-state index contributed by atoms with van der Waals surface area (Å²) in [6, 6.07) is 8.30. The molecule has 0 radical (unpaired) electrons. The Morgan fingerprint density at radius 2 is 1.86 bits per heavy atom. The lowest BCUT2D eigenvalue weighted by atomic mass is 9.85. The van der Waals surface area contributed by atoms with Gasteiger partial charge >= 0.3 is 6.18 Å². The van der Waals surface area contributed by atoms with E-state index in [1.165, 1.54) is 10.9 Å². The number of hydrogen-bond acceptors (Lipinski definition) is 1. The Balaban J connectivity index is 1.56. The first-order valence-electron chi connectivity index (χ1n) is 7.39. The maximum atomic E-state index is 12.6. The van der Waals surface area contributed by atoms with Crippen molar-refractivity contribution in [2.45, 2.75) is 44.4 Å². The van der Waals surface area contributed by atoms with E-state index >= 15 is 0 Å². The summed E-state index contributed by atoms with van der Waals surface area (Å²) in [5, 5.41) is 4.59. The summed E-state index contributed by atoms with van der Waals surface area (Å²) in [5.74, 6) is -1.11. The zero-order chi connectivity index (χ0) is 14.9. The second kappa shape index (κ2) is 5.72. The lowest BCUT2D eigenvalue weighted by Gasteiger charge is -2.30. The molecule has 0 bridgehead atoms. The van der Waals surface area contributed by atoms with Crippen molar-refractivity contribution in [2.75, 3.05) is 0 Å². The second-order valence-corrected chi connectivity index (χ2v) is 5.83. The number of alkyl halides is 3. The normalized spacial score (nSPS) is 23.6. The first kappa shape index (κ1) is 14.4. The molecule has 0 spiro atoms. The molecule has 1 heterocycles. The third-order valence-corrected chi connectivity index (χ3v) is 4.46. The molecule has 1 saturated carbocycles. The summed E-state index contributed by atoms with van der Waals surface area (Å²) < 4.78 is 37.9. The number of nitrogens with one attached hydrogen (secondary N) is 2. The van der Waals surface area contributed by atoms with Crippen molar-refractivity contribution in [3.8, 4) is 0 Å². The average Bonchev–Trinajstić information content (AvgIpc) is 2.93. The van der Waals surface area contributed by atoms with Crippen LogP contribution < -0.4 is 5.32 Å². The van der Waals surface area contributed by atoms with Crippen LogP contribution in [0.4, 0.5) is 13.2 Å². The van der Waals surface area contributed by atoms with Crippen LogP contribution in [0.5, 0.6) is 0 Å². The number of aromatic amines is 1. The van der Waals surface area contributed by atoms with Gasteiger partial charge in [-0.1, -0.05) is 12.1 Å². The van der Waals surface area contributed by atoms with E-state index in [1.54, 1.807) is 0 Å². The molecule has 5 heteroatoms. The molecule has 1 aliphatic rings. The van der Waals surface area contributed by atoms with Gasteiger partial charge in [-0.25, -0.2) is 0 Å². The Morgan fingerprint density at radius 3 is 2.57 bits per heavy atom. The fraction of sp³-hybridized carbons (Fsp3) is 0.500. The van der Waals surface area contributed by atoms with Crippen molar-refractivity contribution in [3.63, 3.8) is 0 Å². The van der Waals surface area contributed by atoms with Gasteiger partial charge in [-0.15, -0.1) is 0 Å².